The highest BCUT2D eigenvalue weighted by atomic mass is 35.5. The molecule has 4 heterocycles. The lowest BCUT2D eigenvalue weighted by Crippen LogP contribution is -2.46. The van der Waals surface area contributed by atoms with Gasteiger partial charge in [-0.25, -0.2) is 0 Å². The van der Waals surface area contributed by atoms with Crippen LogP contribution >= 0.6 is 23.2 Å². The summed E-state index contributed by atoms with van der Waals surface area (Å²) in [5.41, 5.74) is 10.6. The Bertz CT molecular complexity index is 1220. The first-order valence-electron chi connectivity index (χ1n) is 10.0. The number of nitrogen functional groups attached to an aromatic ring is 1. The maximum Gasteiger partial charge on any atom is 0.293 e. The largest absolute Gasteiger partial charge is 0.423 e. The number of pyridine rings is 1. The number of halogens is 2. The van der Waals surface area contributed by atoms with Gasteiger partial charge in [0.2, 0.25) is 0 Å². The van der Waals surface area contributed by atoms with E-state index < -0.39 is 6.10 Å². The van der Waals surface area contributed by atoms with Gasteiger partial charge in [0, 0.05) is 34.8 Å². The third kappa shape index (κ3) is 3.56. The number of nitrogens with zero attached hydrogens (tertiary/aromatic N) is 3. The van der Waals surface area contributed by atoms with E-state index in [9.17, 15) is 4.79 Å². The first-order chi connectivity index (χ1) is 14.9. The van der Waals surface area contributed by atoms with Crippen LogP contribution in [0.3, 0.4) is 0 Å². The zero-order valence-electron chi connectivity index (χ0n) is 16.8. The van der Waals surface area contributed by atoms with Crippen LogP contribution in [0.1, 0.15) is 36.1 Å². The minimum absolute atomic E-state index is 0.0630. The summed E-state index contributed by atoms with van der Waals surface area (Å²) in [6, 6.07) is 3.57. The van der Waals surface area contributed by atoms with E-state index >= 15 is 0 Å². The van der Waals surface area contributed by atoms with Gasteiger partial charge in [-0.15, -0.1) is 0 Å². The lowest BCUT2D eigenvalue weighted by molar-refractivity contribution is -0.145. The number of hydrogen-bond donors (Lipinski definition) is 1. The highest BCUT2D eigenvalue weighted by Gasteiger charge is 2.35. The Labute approximate surface area is 188 Å². The number of aromatic nitrogens is 2. The van der Waals surface area contributed by atoms with Gasteiger partial charge in [0.05, 0.1) is 18.8 Å². The van der Waals surface area contributed by atoms with Crippen LogP contribution in [0.5, 0.6) is 0 Å². The molecule has 0 bridgehead atoms. The normalized spacial score (nSPS) is 21.1. The van der Waals surface area contributed by atoms with E-state index in [0.29, 0.717) is 47.1 Å². The van der Waals surface area contributed by atoms with Crippen molar-refractivity contribution in [2.75, 3.05) is 18.9 Å². The van der Waals surface area contributed by atoms with Crippen LogP contribution in [-0.4, -0.2) is 40.0 Å². The van der Waals surface area contributed by atoms with Crippen molar-refractivity contribution < 1.29 is 13.9 Å². The van der Waals surface area contributed by atoms with E-state index in [1.807, 2.05) is 24.0 Å². The van der Waals surface area contributed by atoms with E-state index in [0.717, 1.165) is 22.3 Å². The molecule has 160 valence electrons. The number of anilines is 1. The molecule has 0 saturated carbocycles. The van der Waals surface area contributed by atoms with Gasteiger partial charge in [0.15, 0.2) is 5.58 Å². The molecule has 2 atom stereocenters. The fraction of sp³-hybridized carbons (Fsp3) is 0.318. The van der Waals surface area contributed by atoms with Crippen molar-refractivity contribution in [1.82, 2.24) is 14.9 Å². The maximum absolute atomic E-state index is 13.4. The Balaban J connectivity index is 1.40. The highest BCUT2D eigenvalue weighted by molar-refractivity contribution is 6.35. The molecule has 5 rings (SSSR count). The SMILES string of the molecule is C[C@H]1c2c(Cl)cc(Cl)cc2CCN1C(=O)[C@@H]1CC(c2cncc3nc(N)oc23)=CCO1. The predicted octanol–water partition coefficient (Wildman–Crippen LogP) is 4.43. The number of hydrogen-bond acceptors (Lipinski definition) is 6. The number of benzene rings is 1. The molecule has 1 amide bonds. The zero-order valence-corrected chi connectivity index (χ0v) is 18.3. The number of amides is 1. The monoisotopic (exact) mass is 458 g/mol. The maximum atomic E-state index is 13.4. The second-order valence-corrected chi connectivity index (χ2v) is 8.60. The smallest absolute Gasteiger partial charge is 0.293 e. The van der Waals surface area contributed by atoms with Gasteiger partial charge in [-0.1, -0.05) is 29.3 Å². The van der Waals surface area contributed by atoms with Gasteiger partial charge >= 0.3 is 0 Å². The Kier molecular flexibility index (Phi) is 5.12. The van der Waals surface area contributed by atoms with Gasteiger partial charge in [-0.2, -0.15) is 4.98 Å². The van der Waals surface area contributed by atoms with E-state index in [4.69, 9.17) is 38.1 Å². The Morgan fingerprint density at radius 3 is 2.97 bits per heavy atom. The van der Waals surface area contributed by atoms with Crippen LogP contribution in [0.2, 0.25) is 10.0 Å². The molecular formula is C22H20Cl2N4O3. The molecule has 0 saturated heterocycles. The number of carbonyl (C=O) groups is 1. The molecule has 9 heteroatoms. The van der Waals surface area contributed by atoms with Gasteiger partial charge in [-0.05, 0) is 42.2 Å². The van der Waals surface area contributed by atoms with Crippen LogP contribution < -0.4 is 5.73 Å². The van der Waals surface area contributed by atoms with Crippen molar-refractivity contribution in [3.8, 4) is 0 Å². The second kappa shape index (κ2) is 7.82. The number of rotatable bonds is 2. The van der Waals surface area contributed by atoms with Crippen molar-refractivity contribution in [3.63, 3.8) is 0 Å². The average molecular weight is 459 g/mol. The van der Waals surface area contributed by atoms with Crippen LogP contribution in [0, 0.1) is 0 Å². The standard InChI is InChI=1S/C22H20Cl2N4O3/c1-11-19-13(6-14(23)8-16(19)24)2-4-28(11)21(29)18-7-12(3-5-30-18)15-9-26-10-17-20(15)31-22(25)27-17/h3,6,8-11,18H,2,4-5,7H2,1H3,(H2,25,27)/t11-,18-/m0/s1. The van der Waals surface area contributed by atoms with Crippen LogP contribution in [0.25, 0.3) is 16.7 Å². The summed E-state index contributed by atoms with van der Waals surface area (Å²) in [7, 11) is 0. The Morgan fingerprint density at radius 1 is 1.29 bits per heavy atom. The quantitative estimate of drug-likeness (QED) is 0.610. The van der Waals surface area contributed by atoms with Crippen LogP contribution in [0.15, 0.2) is 35.0 Å². The van der Waals surface area contributed by atoms with Crippen molar-refractivity contribution in [1.29, 1.82) is 0 Å². The molecule has 3 aromatic rings. The van der Waals surface area contributed by atoms with Gasteiger partial charge < -0.3 is 19.8 Å². The number of oxazole rings is 1. The number of fused-ring (bicyclic) bond motifs is 2. The Morgan fingerprint density at radius 2 is 2.13 bits per heavy atom. The average Bonchev–Trinajstić information content (AvgIpc) is 3.13. The molecule has 0 fully saturated rings. The van der Waals surface area contributed by atoms with E-state index in [-0.39, 0.29) is 18.0 Å². The predicted molar refractivity (Wildman–Crippen MR) is 119 cm³/mol. The fourth-order valence-corrected chi connectivity index (χ4v) is 5.17. The molecule has 0 aliphatic carbocycles. The molecule has 0 spiro atoms. The number of carbonyl (C=O) groups excluding carboxylic acids is 1. The van der Waals surface area contributed by atoms with Gasteiger partial charge in [-0.3, -0.25) is 9.78 Å². The molecule has 2 aliphatic heterocycles. The zero-order chi connectivity index (χ0) is 21.7. The molecule has 1 aromatic carbocycles. The van der Waals surface area contributed by atoms with Crippen molar-refractivity contribution in [2.45, 2.75) is 31.9 Å². The van der Waals surface area contributed by atoms with Crippen molar-refractivity contribution in [3.05, 3.63) is 57.3 Å². The fourth-order valence-electron chi connectivity index (χ4n) is 4.47. The molecule has 0 radical (unpaired) electrons. The first-order valence-corrected chi connectivity index (χ1v) is 10.8. The summed E-state index contributed by atoms with van der Waals surface area (Å²) >= 11 is 12.6. The van der Waals surface area contributed by atoms with Crippen LogP contribution in [-0.2, 0) is 16.0 Å². The minimum atomic E-state index is -0.606. The van der Waals surface area contributed by atoms with Crippen molar-refractivity contribution >= 4 is 51.8 Å². The van der Waals surface area contributed by atoms with E-state index in [1.54, 1.807) is 18.5 Å². The molecule has 2 N–H and O–H groups in total. The molecule has 2 aliphatic rings. The summed E-state index contributed by atoms with van der Waals surface area (Å²) in [5.74, 6) is -0.0630. The Hall–Kier alpha value is -2.61. The lowest BCUT2D eigenvalue weighted by Gasteiger charge is -2.38. The molecule has 0 unspecified atom stereocenters. The molecular weight excluding hydrogens is 439 g/mol. The van der Waals surface area contributed by atoms with Crippen LogP contribution in [0.4, 0.5) is 6.01 Å². The topological polar surface area (TPSA) is 94.5 Å². The van der Waals surface area contributed by atoms with E-state index in [2.05, 4.69) is 9.97 Å². The second-order valence-electron chi connectivity index (χ2n) is 7.76. The lowest BCUT2D eigenvalue weighted by atomic mass is 9.92. The number of nitrogens with two attached hydrogens (primary N) is 1. The minimum Gasteiger partial charge on any atom is -0.423 e. The van der Waals surface area contributed by atoms with E-state index in [1.165, 1.54) is 0 Å². The van der Waals surface area contributed by atoms with Gasteiger partial charge in [0.1, 0.15) is 11.6 Å². The third-order valence-electron chi connectivity index (χ3n) is 5.94. The summed E-state index contributed by atoms with van der Waals surface area (Å²) in [6.45, 7) is 2.89. The van der Waals surface area contributed by atoms with Crippen molar-refractivity contribution in [2.24, 2.45) is 0 Å². The summed E-state index contributed by atoms with van der Waals surface area (Å²) in [6.07, 6.45) is 5.74. The summed E-state index contributed by atoms with van der Waals surface area (Å²) < 4.78 is 11.4. The third-order valence-corrected chi connectivity index (χ3v) is 6.47. The summed E-state index contributed by atoms with van der Waals surface area (Å²) in [5, 5.41) is 1.19. The molecule has 31 heavy (non-hydrogen) atoms. The summed E-state index contributed by atoms with van der Waals surface area (Å²) in [4.78, 5) is 23.6. The molecule has 7 nitrogen and oxygen atoms in total. The highest BCUT2D eigenvalue weighted by Crippen LogP contribution is 2.38. The number of ether oxygens (including phenoxy) is 1. The first kappa shape index (κ1) is 20.3. The van der Waals surface area contributed by atoms with Gasteiger partial charge in [0.25, 0.3) is 11.9 Å². The molecule has 2 aromatic heterocycles.